The number of aryl methyl sites for hydroxylation is 4. The smallest absolute Gasteiger partial charge is 0.0632 e. The molecule has 4 rings (SSSR count). The van der Waals surface area contributed by atoms with Crippen molar-refractivity contribution in [2.45, 2.75) is 26.7 Å². The summed E-state index contributed by atoms with van der Waals surface area (Å²) in [5.41, 5.74) is 7.83. The first kappa shape index (κ1) is 13.3. The Balaban J connectivity index is 1.77. The Labute approximate surface area is 131 Å². The molecular formula is C21H19N. The molecule has 0 atom stereocenters. The summed E-state index contributed by atoms with van der Waals surface area (Å²) in [4.78, 5) is 4.69. The largest absolute Gasteiger partial charge is 0.256 e. The van der Waals surface area contributed by atoms with Crippen LogP contribution in [0, 0.1) is 13.8 Å². The second-order valence-corrected chi connectivity index (χ2v) is 6.18. The molecule has 3 aromatic carbocycles. The molecule has 0 N–H and O–H groups in total. The molecule has 0 saturated heterocycles. The van der Waals surface area contributed by atoms with Gasteiger partial charge in [0, 0.05) is 6.21 Å². The number of rotatable bonds is 2. The maximum atomic E-state index is 4.69. The van der Waals surface area contributed by atoms with Crippen molar-refractivity contribution >= 4 is 22.7 Å². The van der Waals surface area contributed by atoms with Gasteiger partial charge in [-0.2, -0.15) is 0 Å². The molecule has 0 unspecified atom stereocenters. The zero-order chi connectivity index (χ0) is 15.1. The van der Waals surface area contributed by atoms with Crippen LogP contribution in [0.15, 0.2) is 53.5 Å². The summed E-state index contributed by atoms with van der Waals surface area (Å²) in [7, 11) is 0. The highest BCUT2D eigenvalue weighted by Crippen LogP contribution is 2.32. The Hall–Kier alpha value is -2.41. The van der Waals surface area contributed by atoms with E-state index in [1.165, 1.54) is 38.6 Å². The Morgan fingerprint density at radius 2 is 1.82 bits per heavy atom. The zero-order valence-electron chi connectivity index (χ0n) is 13.1. The number of benzene rings is 3. The van der Waals surface area contributed by atoms with Gasteiger partial charge >= 0.3 is 0 Å². The van der Waals surface area contributed by atoms with Crippen LogP contribution in [0.1, 0.15) is 27.8 Å². The van der Waals surface area contributed by atoms with E-state index in [0.717, 1.165) is 18.5 Å². The van der Waals surface area contributed by atoms with Crippen LogP contribution in [-0.2, 0) is 12.8 Å². The topological polar surface area (TPSA) is 12.4 Å². The highest BCUT2D eigenvalue weighted by molar-refractivity contribution is 5.98. The minimum Gasteiger partial charge on any atom is -0.256 e. The van der Waals surface area contributed by atoms with Gasteiger partial charge in [0.2, 0.25) is 0 Å². The molecular weight excluding hydrogens is 266 g/mol. The molecule has 1 aliphatic carbocycles. The summed E-state index contributed by atoms with van der Waals surface area (Å²) in [6.45, 7) is 4.27. The third-order valence-electron chi connectivity index (χ3n) is 4.76. The fraction of sp³-hybridized carbons (Fsp3) is 0.190. The lowest BCUT2D eigenvalue weighted by Crippen LogP contribution is -1.90. The zero-order valence-corrected chi connectivity index (χ0v) is 13.1. The second-order valence-electron chi connectivity index (χ2n) is 6.18. The van der Waals surface area contributed by atoms with E-state index in [9.17, 15) is 0 Å². The van der Waals surface area contributed by atoms with Gasteiger partial charge in [0.15, 0.2) is 0 Å². The molecule has 0 aliphatic heterocycles. The van der Waals surface area contributed by atoms with E-state index in [1.54, 1.807) is 0 Å². The van der Waals surface area contributed by atoms with Crippen LogP contribution >= 0.6 is 0 Å². The highest BCUT2D eigenvalue weighted by Gasteiger charge is 2.16. The lowest BCUT2D eigenvalue weighted by atomic mass is 10.0. The molecule has 1 heteroatoms. The van der Waals surface area contributed by atoms with Crippen LogP contribution in [-0.4, -0.2) is 6.21 Å². The highest BCUT2D eigenvalue weighted by atomic mass is 14.7. The molecule has 1 nitrogen and oxygen atoms in total. The van der Waals surface area contributed by atoms with Crippen LogP contribution in [0.4, 0.5) is 5.69 Å². The molecule has 0 heterocycles. The van der Waals surface area contributed by atoms with Crippen LogP contribution in [0.3, 0.4) is 0 Å². The van der Waals surface area contributed by atoms with Crippen LogP contribution in [0.5, 0.6) is 0 Å². The predicted octanol–water partition coefficient (Wildman–Crippen LogP) is 5.31. The minimum absolute atomic E-state index is 1.03. The minimum atomic E-state index is 1.03. The van der Waals surface area contributed by atoms with Gasteiger partial charge in [-0.3, -0.25) is 4.99 Å². The quantitative estimate of drug-likeness (QED) is 0.566. The van der Waals surface area contributed by atoms with E-state index in [4.69, 9.17) is 4.99 Å². The molecule has 0 bridgehead atoms. The van der Waals surface area contributed by atoms with Crippen LogP contribution < -0.4 is 0 Å². The molecule has 1 aliphatic rings. The van der Waals surface area contributed by atoms with Crippen molar-refractivity contribution in [3.8, 4) is 0 Å². The number of aliphatic imine (C=N–C) groups is 1. The summed E-state index contributed by atoms with van der Waals surface area (Å²) < 4.78 is 0. The number of hydrogen-bond donors (Lipinski definition) is 0. The van der Waals surface area contributed by atoms with Crippen molar-refractivity contribution in [2.24, 2.45) is 4.99 Å². The molecule has 3 aromatic rings. The molecule has 22 heavy (non-hydrogen) atoms. The van der Waals surface area contributed by atoms with E-state index in [0.29, 0.717) is 0 Å². The molecule has 0 fully saturated rings. The SMILES string of the molecule is Cc1ccc(N=Cc2ccc3cccc4c3c2CC4)cc1C. The monoisotopic (exact) mass is 285 g/mol. The Bertz CT molecular complexity index is 903. The van der Waals surface area contributed by atoms with E-state index in [-0.39, 0.29) is 0 Å². The van der Waals surface area contributed by atoms with Gasteiger partial charge in [0.1, 0.15) is 0 Å². The first-order chi connectivity index (χ1) is 10.7. The maximum absolute atomic E-state index is 4.69. The summed E-state index contributed by atoms with van der Waals surface area (Å²) in [6.07, 6.45) is 4.31. The van der Waals surface area contributed by atoms with Crippen molar-refractivity contribution in [2.75, 3.05) is 0 Å². The normalized spacial score (nSPS) is 13.4. The second kappa shape index (κ2) is 5.10. The first-order valence-corrected chi connectivity index (χ1v) is 7.87. The third kappa shape index (κ3) is 2.14. The van der Waals surface area contributed by atoms with Gasteiger partial charge in [0.25, 0.3) is 0 Å². The van der Waals surface area contributed by atoms with Crippen molar-refractivity contribution in [1.29, 1.82) is 0 Å². The fourth-order valence-electron chi connectivity index (χ4n) is 3.36. The first-order valence-electron chi connectivity index (χ1n) is 7.87. The van der Waals surface area contributed by atoms with Crippen molar-refractivity contribution in [1.82, 2.24) is 0 Å². The number of nitrogens with zero attached hydrogens (tertiary/aromatic N) is 1. The summed E-state index contributed by atoms with van der Waals surface area (Å²) in [5.74, 6) is 0. The van der Waals surface area contributed by atoms with E-state index in [1.807, 2.05) is 6.21 Å². The fourth-order valence-corrected chi connectivity index (χ4v) is 3.36. The predicted molar refractivity (Wildman–Crippen MR) is 94.5 cm³/mol. The summed E-state index contributed by atoms with van der Waals surface area (Å²) in [5, 5.41) is 2.81. The van der Waals surface area contributed by atoms with Gasteiger partial charge in [-0.25, -0.2) is 0 Å². The van der Waals surface area contributed by atoms with Crippen molar-refractivity contribution in [3.63, 3.8) is 0 Å². The average Bonchev–Trinajstić information content (AvgIpc) is 2.96. The lowest BCUT2D eigenvalue weighted by molar-refractivity contribution is 1.02. The van der Waals surface area contributed by atoms with Crippen LogP contribution in [0.25, 0.3) is 10.8 Å². The van der Waals surface area contributed by atoms with Crippen molar-refractivity contribution in [3.05, 3.63) is 76.3 Å². The van der Waals surface area contributed by atoms with Gasteiger partial charge in [-0.15, -0.1) is 0 Å². The van der Waals surface area contributed by atoms with E-state index < -0.39 is 0 Å². The van der Waals surface area contributed by atoms with E-state index in [2.05, 4.69) is 62.4 Å². The Morgan fingerprint density at radius 3 is 2.68 bits per heavy atom. The summed E-state index contributed by atoms with van der Waals surface area (Å²) in [6, 6.07) is 17.4. The molecule has 0 aromatic heterocycles. The molecule has 108 valence electrons. The Morgan fingerprint density at radius 1 is 0.909 bits per heavy atom. The van der Waals surface area contributed by atoms with Gasteiger partial charge < -0.3 is 0 Å². The van der Waals surface area contributed by atoms with Crippen molar-refractivity contribution < 1.29 is 0 Å². The third-order valence-corrected chi connectivity index (χ3v) is 4.76. The standard InChI is InChI=1S/C21H19N/c1-14-6-10-19(12-15(14)2)22-13-18-8-7-16-4-3-5-17-9-11-20(18)21(16)17/h3-8,10,12-13H,9,11H2,1-2H3. The molecule has 0 saturated carbocycles. The average molecular weight is 285 g/mol. The van der Waals surface area contributed by atoms with Gasteiger partial charge in [-0.1, -0.05) is 36.4 Å². The maximum Gasteiger partial charge on any atom is 0.0632 e. The van der Waals surface area contributed by atoms with Gasteiger partial charge in [-0.05, 0) is 77.4 Å². The van der Waals surface area contributed by atoms with E-state index >= 15 is 0 Å². The lowest BCUT2D eigenvalue weighted by Gasteiger charge is -2.05. The molecule has 0 radical (unpaired) electrons. The molecule has 0 amide bonds. The summed E-state index contributed by atoms with van der Waals surface area (Å²) >= 11 is 0. The number of hydrogen-bond acceptors (Lipinski definition) is 1. The Kier molecular flexibility index (Phi) is 3.07. The van der Waals surface area contributed by atoms with Crippen LogP contribution in [0.2, 0.25) is 0 Å². The molecule has 0 spiro atoms. The van der Waals surface area contributed by atoms with Gasteiger partial charge in [0.05, 0.1) is 5.69 Å².